The molecule has 3 heterocycles. The fourth-order valence-electron chi connectivity index (χ4n) is 3.37. The molecule has 4 rings (SSSR count). The van der Waals surface area contributed by atoms with E-state index >= 15 is 0 Å². The monoisotopic (exact) mass is 393 g/mol. The standard InChI is InChI=1S/C20H19N5O2S/c1-11-5-6-17(27-4)16(7-11)24-12(2)8-14(13(24)3)9-15-18(21)25-20(23-19(15)26)28-10-22-25/h5-10,21H,1-4H3/b15-9+,21-18?. The predicted octanol–water partition coefficient (Wildman–Crippen LogP) is 3.66. The first-order valence-electron chi connectivity index (χ1n) is 8.67. The highest BCUT2D eigenvalue weighted by Gasteiger charge is 2.32. The van der Waals surface area contributed by atoms with Gasteiger partial charge >= 0.3 is 0 Å². The van der Waals surface area contributed by atoms with Crippen LogP contribution >= 0.6 is 11.8 Å². The van der Waals surface area contributed by atoms with Crippen LogP contribution in [-0.2, 0) is 4.79 Å². The molecule has 1 amide bonds. The Hall–Kier alpha value is -3.13. The van der Waals surface area contributed by atoms with Crippen LogP contribution in [0.1, 0.15) is 22.5 Å². The van der Waals surface area contributed by atoms with Crippen molar-refractivity contribution in [2.75, 3.05) is 7.11 Å². The lowest BCUT2D eigenvalue weighted by Crippen LogP contribution is -2.35. The summed E-state index contributed by atoms with van der Waals surface area (Å²) < 4.78 is 7.63. The Labute approximate surface area is 166 Å². The summed E-state index contributed by atoms with van der Waals surface area (Å²) in [5.74, 6) is 0.382. The number of amidine groups is 2. The van der Waals surface area contributed by atoms with Gasteiger partial charge in [-0.3, -0.25) is 10.2 Å². The van der Waals surface area contributed by atoms with E-state index in [0.717, 1.165) is 34.0 Å². The molecule has 0 atom stereocenters. The normalized spacial score (nSPS) is 17.4. The number of aromatic nitrogens is 1. The number of aliphatic imine (C=N–C) groups is 1. The zero-order valence-electron chi connectivity index (χ0n) is 16.0. The van der Waals surface area contributed by atoms with Crippen LogP contribution in [-0.4, -0.2) is 39.1 Å². The average Bonchev–Trinajstić information content (AvgIpc) is 3.23. The minimum absolute atomic E-state index is 0.0363. The summed E-state index contributed by atoms with van der Waals surface area (Å²) in [6, 6.07) is 8.01. The zero-order chi connectivity index (χ0) is 20.0. The molecule has 28 heavy (non-hydrogen) atoms. The number of methoxy groups -OCH3 is 1. The Morgan fingerprint density at radius 1 is 1.21 bits per heavy atom. The van der Waals surface area contributed by atoms with E-state index in [9.17, 15) is 4.79 Å². The van der Waals surface area contributed by atoms with Crippen molar-refractivity contribution in [3.63, 3.8) is 0 Å². The number of aryl methyl sites for hydroxylation is 2. The molecule has 1 aromatic carbocycles. The first-order chi connectivity index (χ1) is 13.4. The number of rotatable bonds is 3. The van der Waals surface area contributed by atoms with Gasteiger partial charge in [0.25, 0.3) is 5.91 Å². The number of hydrazone groups is 1. The van der Waals surface area contributed by atoms with Crippen LogP contribution in [0.25, 0.3) is 11.8 Å². The van der Waals surface area contributed by atoms with E-state index in [1.165, 1.54) is 16.8 Å². The lowest BCUT2D eigenvalue weighted by Gasteiger charge is -2.20. The van der Waals surface area contributed by atoms with Crippen molar-refractivity contribution >= 4 is 40.3 Å². The molecule has 0 saturated heterocycles. The molecule has 0 aliphatic carbocycles. The minimum Gasteiger partial charge on any atom is -0.495 e. The van der Waals surface area contributed by atoms with Gasteiger partial charge in [0, 0.05) is 11.4 Å². The van der Waals surface area contributed by atoms with Crippen molar-refractivity contribution in [1.29, 1.82) is 5.41 Å². The lowest BCUT2D eigenvalue weighted by atomic mass is 10.1. The summed E-state index contributed by atoms with van der Waals surface area (Å²) in [6.07, 6.45) is 1.71. The summed E-state index contributed by atoms with van der Waals surface area (Å²) in [7, 11) is 1.65. The highest BCUT2D eigenvalue weighted by Crippen LogP contribution is 2.31. The highest BCUT2D eigenvalue weighted by atomic mass is 32.2. The van der Waals surface area contributed by atoms with E-state index in [1.807, 2.05) is 39.0 Å². The van der Waals surface area contributed by atoms with Gasteiger partial charge in [-0.15, -0.1) is 0 Å². The zero-order valence-corrected chi connectivity index (χ0v) is 16.8. The molecule has 7 nitrogen and oxygen atoms in total. The Morgan fingerprint density at radius 3 is 2.75 bits per heavy atom. The molecule has 2 aromatic rings. The number of amides is 1. The maximum atomic E-state index is 12.5. The molecule has 8 heteroatoms. The SMILES string of the molecule is COc1ccc(C)cc1-n1c(C)cc(/C=C2\C(=N)N3N=CSC3=NC2=O)c1C. The van der Waals surface area contributed by atoms with Gasteiger partial charge in [-0.05, 0) is 67.9 Å². The quantitative estimate of drug-likeness (QED) is 0.807. The first-order valence-corrected chi connectivity index (χ1v) is 9.55. The van der Waals surface area contributed by atoms with Crippen molar-refractivity contribution in [1.82, 2.24) is 9.58 Å². The molecule has 0 saturated carbocycles. The fraction of sp³-hybridized carbons (Fsp3) is 0.200. The molecule has 0 bridgehead atoms. The Bertz CT molecular complexity index is 1110. The van der Waals surface area contributed by atoms with Crippen LogP contribution in [0.3, 0.4) is 0 Å². The number of hydrogen-bond acceptors (Lipinski definition) is 5. The van der Waals surface area contributed by atoms with Gasteiger partial charge < -0.3 is 9.30 Å². The van der Waals surface area contributed by atoms with Crippen LogP contribution < -0.4 is 4.74 Å². The number of carbonyl (C=O) groups is 1. The largest absolute Gasteiger partial charge is 0.495 e. The minimum atomic E-state index is -0.424. The molecular formula is C20H19N5O2S. The third-order valence-corrected chi connectivity index (χ3v) is 5.42. The third-order valence-electron chi connectivity index (χ3n) is 4.74. The number of hydrogen-bond donors (Lipinski definition) is 1. The van der Waals surface area contributed by atoms with Crippen LogP contribution in [0.2, 0.25) is 0 Å². The summed E-state index contributed by atoms with van der Waals surface area (Å²) in [5.41, 5.74) is 6.65. The van der Waals surface area contributed by atoms with Crippen LogP contribution in [0.5, 0.6) is 5.75 Å². The second kappa shape index (κ2) is 6.79. The van der Waals surface area contributed by atoms with Gasteiger partial charge in [-0.1, -0.05) is 6.07 Å². The summed E-state index contributed by atoms with van der Waals surface area (Å²) >= 11 is 1.23. The van der Waals surface area contributed by atoms with Crippen LogP contribution in [0.15, 0.2) is 39.9 Å². The molecular weight excluding hydrogens is 374 g/mol. The Balaban J connectivity index is 1.82. The highest BCUT2D eigenvalue weighted by molar-refractivity contribution is 8.25. The average molecular weight is 393 g/mol. The van der Waals surface area contributed by atoms with Gasteiger partial charge in [-0.2, -0.15) is 15.1 Å². The predicted molar refractivity (Wildman–Crippen MR) is 113 cm³/mol. The van der Waals surface area contributed by atoms with Crippen molar-refractivity contribution < 1.29 is 9.53 Å². The van der Waals surface area contributed by atoms with E-state index in [-0.39, 0.29) is 11.4 Å². The van der Waals surface area contributed by atoms with E-state index in [0.29, 0.717) is 5.17 Å². The maximum absolute atomic E-state index is 12.5. The third kappa shape index (κ3) is 2.86. The van der Waals surface area contributed by atoms with Crippen molar-refractivity contribution in [3.8, 4) is 11.4 Å². The maximum Gasteiger partial charge on any atom is 0.283 e. The Morgan fingerprint density at radius 2 is 2.00 bits per heavy atom. The van der Waals surface area contributed by atoms with Gasteiger partial charge in [0.15, 0.2) is 11.0 Å². The van der Waals surface area contributed by atoms with Gasteiger partial charge in [0.1, 0.15) is 5.75 Å². The van der Waals surface area contributed by atoms with E-state index in [4.69, 9.17) is 10.1 Å². The molecule has 0 fully saturated rings. The van der Waals surface area contributed by atoms with Crippen molar-refractivity contribution in [3.05, 3.63) is 52.4 Å². The number of carbonyl (C=O) groups excluding carboxylic acids is 1. The molecule has 1 N–H and O–H groups in total. The van der Waals surface area contributed by atoms with Gasteiger partial charge in [-0.25, -0.2) is 0 Å². The number of thioether (sulfide) groups is 1. The lowest BCUT2D eigenvalue weighted by molar-refractivity contribution is -0.114. The van der Waals surface area contributed by atoms with E-state index < -0.39 is 5.91 Å². The summed E-state index contributed by atoms with van der Waals surface area (Å²) in [4.78, 5) is 16.5. The summed E-state index contributed by atoms with van der Waals surface area (Å²) in [5, 5.41) is 14.2. The fourth-order valence-corrected chi connectivity index (χ4v) is 3.98. The van der Waals surface area contributed by atoms with Crippen LogP contribution in [0.4, 0.5) is 0 Å². The second-order valence-corrected chi connectivity index (χ2v) is 7.41. The number of fused-ring (bicyclic) bond motifs is 1. The van der Waals surface area contributed by atoms with Gasteiger partial charge in [0.2, 0.25) is 0 Å². The van der Waals surface area contributed by atoms with E-state index in [1.54, 1.807) is 18.7 Å². The topological polar surface area (TPSA) is 83.0 Å². The number of benzene rings is 1. The number of ether oxygens (including phenoxy) is 1. The molecule has 0 spiro atoms. The smallest absolute Gasteiger partial charge is 0.283 e. The number of nitrogens with zero attached hydrogens (tertiary/aromatic N) is 4. The summed E-state index contributed by atoms with van der Waals surface area (Å²) in [6.45, 7) is 6.02. The molecule has 0 unspecified atom stereocenters. The molecule has 2 aliphatic rings. The van der Waals surface area contributed by atoms with Crippen molar-refractivity contribution in [2.45, 2.75) is 20.8 Å². The number of nitrogens with one attached hydrogen (secondary N) is 1. The Kier molecular flexibility index (Phi) is 4.43. The van der Waals surface area contributed by atoms with E-state index in [2.05, 4.69) is 20.7 Å². The molecule has 1 aromatic heterocycles. The molecule has 2 aliphatic heterocycles. The second-order valence-electron chi connectivity index (χ2n) is 6.59. The van der Waals surface area contributed by atoms with Crippen molar-refractivity contribution in [2.24, 2.45) is 10.1 Å². The van der Waals surface area contributed by atoms with Gasteiger partial charge in [0.05, 0.1) is 23.9 Å². The first kappa shape index (κ1) is 18.2. The molecule has 142 valence electrons. The van der Waals surface area contributed by atoms with Crippen LogP contribution in [0, 0.1) is 26.2 Å². The molecule has 0 radical (unpaired) electrons.